The number of nitrogens with zero attached hydrogens (tertiary/aromatic N) is 5. The van der Waals surface area contributed by atoms with E-state index in [2.05, 4.69) is 53.2 Å². The molecule has 1 aromatic carbocycles. The van der Waals surface area contributed by atoms with E-state index in [9.17, 15) is 0 Å². The lowest BCUT2D eigenvalue weighted by Gasteiger charge is -2.36. The SMILES string of the molecule is COc1ccc(-c2ccc3c(N4CCOCC4)nc(N4CC(C)OC(C)C4)nc3n2)cc1CNC1CCC1. The van der Waals surface area contributed by atoms with Crippen molar-refractivity contribution >= 4 is 22.8 Å². The van der Waals surface area contributed by atoms with Crippen molar-refractivity contribution in [3.05, 3.63) is 35.9 Å². The summed E-state index contributed by atoms with van der Waals surface area (Å²) < 4.78 is 17.2. The average molecular weight is 519 g/mol. The number of rotatable bonds is 7. The fourth-order valence-corrected chi connectivity index (χ4v) is 5.59. The monoisotopic (exact) mass is 518 g/mol. The van der Waals surface area contributed by atoms with E-state index in [4.69, 9.17) is 29.2 Å². The molecule has 3 aliphatic rings. The predicted molar refractivity (Wildman–Crippen MR) is 149 cm³/mol. The number of pyridine rings is 1. The van der Waals surface area contributed by atoms with Crippen LogP contribution in [-0.2, 0) is 16.0 Å². The number of hydrogen-bond acceptors (Lipinski definition) is 9. The van der Waals surface area contributed by atoms with Gasteiger partial charge in [-0.3, -0.25) is 0 Å². The van der Waals surface area contributed by atoms with E-state index < -0.39 is 0 Å². The van der Waals surface area contributed by atoms with Crippen molar-refractivity contribution in [3.8, 4) is 17.0 Å². The molecule has 2 aliphatic heterocycles. The lowest BCUT2D eigenvalue weighted by molar-refractivity contribution is -0.00570. The third-order valence-corrected chi connectivity index (χ3v) is 7.80. The van der Waals surface area contributed by atoms with Gasteiger partial charge in [0.05, 0.1) is 43.6 Å². The zero-order chi connectivity index (χ0) is 26.1. The van der Waals surface area contributed by atoms with Crippen LogP contribution >= 0.6 is 0 Å². The van der Waals surface area contributed by atoms with Crippen LogP contribution in [0.4, 0.5) is 11.8 Å². The average Bonchev–Trinajstić information content (AvgIpc) is 2.91. The van der Waals surface area contributed by atoms with Crippen LogP contribution < -0.4 is 19.9 Å². The maximum absolute atomic E-state index is 5.97. The lowest BCUT2D eigenvalue weighted by Crippen LogP contribution is -2.46. The second-order valence-corrected chi connectivity index (χ2v) is 10.7. The molecule has 1 aliphatic carbocycles. The van der Waals surface area contributed by atoms with Crippen LogP contribution in [0.15, 0.2) is 30.3 Å². The summed E-state index contributed by atoms with van der Waals surface area (Å²) in [4.78, 5) is 19.7. The van der Waals surface area contributed by atoms with E-state index in [1.165, 1.54) is 19.3 Å². The first kappa shape index (κ1) is 25.3. The van der Waals surface area contributed by atoms with Crippen molar-refractivity contribution in [2.24, 2.45) is 0 Å². The Kier molecular flexibility index (Phi) is 7.32. The van der Waals surface area contributed by atoms with Crippen LogP contribution in [0.5, 0.6) is 5.75 Å². The van der Waals surface area contributed by atoms with Crippen LogP contribution in [0.1, 0.15) is 38.7 Å². The Bertz CT molecular complexity index is 1270. The Hall–Kier alpha value is -3.01. The van der Waals surface area contributed by atoms with E-state index in [0.717, 1.165) is 66.5 Å². The normalized spacial score (nSPS) is 22.5. The van der Waals surface area contributed by atoms with Gasteiger partial charge >= 0.3 is 0 Å². The minimum Gasteiger partial charge on any atom is -0.496 e. The van der Waals surface area contributed by atoms with Gasteiger partial charge in [-0.25, -0.2) is 4.98 Å². The zero-order valence-electron chi connectivity index (χ0n) is 22.7. The summed E-state index contributed by atoms with van der Waals surface area (Å²) in [5, 5.41) is 4.63. The zero-order valence-corrected chi connectivity index (χ0v) is 22.7. The summed E-state index contributed by atoms with van der Waals surface area (Å²) in [6, 6.07) is 11.1. The van der Waals surface area contributed by atoms with Crippen LogP contribution in [0, 0.1) is 0 Å². The van der Waals surface area contributed by atoms with E-state index in [-0.39, 0.29) is 12.2 Å². The van der Waals surface area contributed by atoms with Crippen molar-refractivity contribution < 1.29 is 14.2 Å². The first-order chi connectivity index (χ1) is 18.6. The van der Waals surface area contributed by atoms with E-state index in [1.54, 1.807) is 7.11 Å². The van der Waals surface area contributed by atoms with Crippen molar-refractivity contribution in [2.75, 3.05) is 56.3 Å². The molecule has 1 saturated carbocycles. The molecule has 3 aromatic rings. The minimum absolute atomic E-state index is 0.121. The van der Waals surface area contributed by atoms with Gasteiger partial charge in [0.15, 0.2) is 5.65 Å². The molecule has 0 amide bonds. The van der Waals surface area contributed by atoms with Gasteiger partial charge in [-0.1, -0.05) is 6.42 Å². The lowest BCUT2D eigenvalue weighted by atomic mass is 9.93. The van der Waals surface area contributed by atoms with Gasteiger partial charge in [0.1, 0.15) is 11.6 Å². The van der Waals surface area contributed by atoms with Gasteiger partial charge in [0.2, 0.25) is 5.95 Å². The molecule has 6 rings (SSSR count). The third kappa shape index (κ3) is 5.28. The number of fused-ring (bicyclic) bond motifs is 1. The molecule has 4 heterocycles. The second-order valence-electron chi connectivity index (χ2n) is 10.7. The molecule has 2 atom stereocenters. The molecule has 0 spiro atoms. The highest BCUT2D eigenvalue weighted by Crippen LogP contribution is 2.32. The van der Waals surface area contributed by atoms with E-state index in [1.807, 2.05) is 6.07 Å². The summed E-state index contributed by atoms with van der Waals surface area (Å²) in [5.41, 5.74) is 3.81. The van der Waals surface area contributed by atoms with Crippen LogP contribution in [-0.4, -0.2) is 79.7 Å². The Morgan fingerprint density at radius 2 is 1.76 bits per heavy atom. The first-order valence-corrected chi connectivity index (χ1v) is 13.9. The molecule has 0 bridgehead atoms. The quantitative estimate of drug-likeness (QED) is 0.502. The minimum atomic E-state index is 0.121. The number of hydrogen-bond donors (Lipinski definition) is 1. The van der Waals surface area contributed by atoms with Gasteiger partial charge in [0.25, 0.3) is 0 Å². The molecule has 38 heavy (non-hydrogen) atoms. The molecule has 2 unspecified atom stereocenters. The predicted octanol–water partition coefficient (Wildman–Crippen LogP) is 3.79. The first-order valence-electron chi connectivity index (χ1n) is 13.9. The summed E-state index contributed by atoms with van der Waals surface area (Å²) in [6.45, 7) is 9.51. The third-order valence-electron chi connectivity index (χ3n) is 7.80. The Morgan fingerprint density at radius 3 is 2.47 bits per heavy atom. The van der Waals surface area contributed by atoms with Crippen molar-refractivity contribution in [3.63, 3.8) is 0 Å². The molecular weight excluding hydrogens is 480 g/mol. The van der Waals surface area contributed by atoms with Gasteiger partial charge < -0.3 is 29.3 Å². The van der Waals surface area contributed by atoms with Crippen LogP contribution in [0.3, 0.4) is 0 Å². The van der Waals surface area contributed by atoms with Crippen molar-refractivity contribution in [2.45, 2.75) is 57.9 Å². The Labute approximate surface area is 224 Å². The molecule has 0 radical (unpaired) electrons. The fourth-order valence-electron chi connectivity index (χ4n) is 5.59. The largest absolute Gasteiger partial charge is 0.496 e. The second kappa shape index (κ2) is 11.0. The van der Waals surface area contributed by atoms with Gasteiger partial charge in [-0.05, 0) is 57.0 Å². The topological polar surface area (TPSA) is 84.9 Å². The Morgan fingerprint density at radius 1 is 0.974 bits per heavy atom. The highest BCUT2D eigenvalue weighted by molar-refractivity contribution is 5.90. The number of methoxy groups -OCH3 is 1. The number of anilines is 2. The summed E-state index contributed by atoms with van der Waals surface area (Å²) in [7, 11) is 1.73. The van der Waals surface area contributed by atoms with Crippen molar-refractivity contribution in [1.29, 1.82) is 0 Å². The van der Waals surface area contributed by atoms with Crippen molar-refractivity contribution in [1.82, 2.24) is 20.3 Å². The van der Waals surface area contributed by atoms with E-state index >= 15 is 0 Å². The molecule has 1 N–H and O–H groups in total. The maximum Gasteiger partial charge on any atom is 0.229 e. The molecule has 202 valence electrons. The van der Waals surface area contributed by atoms with Crippen LogP contribution in [0.25, 0.3) is 22.3 Å². The van der Waals surface area contributed by atoms with Gasteiger partial charge in [-0.15, -0.1) is 0 Å². The number of morpholine rings is 2. The number of aromatic nitrogens is 3. The van der Waals surface area contributed by atoms with Gasteiger partial charge in [-0.2, -0.15) is 9.97 Å². The molecule has 3 fully saturated rings. The molecule has 9 heteroatoms. The maximum atomic E-state index is 5.97. The molecule has 9 nitrogen and oxygen atoms in total. The molecule has 2 aromatic heterocycles. The Balaban J connectivity index is 1.38. The van der Waals surface area contributed by atoms with Gasteiger partial charge in [0, 0.05) is 49.9 Å². The summed E-state index contributed by atoms with van der Waals surface area (Å²) in [5.74, 6) is 2.54. The number of ether oxygens (including phenoxy) is 3. The fraction of sp³-hybridized carbons (Fsp3) is 0.552. The van der Waals surface area contributed by atoms with E-state index in [0.29, 0.717) is 30.9 Å². The highest BCUT2D eigenvalue weighted by Gasteiger charge is 2.27. The highest BCUT2D eigenvalue weighted by atomic mass is 16.5. The smallest absolute Gasteiger partial charge is 0.229 e. The summed E-state index contributed by atoms with van der Waals surface area (Å²) in [6.07, 6.45) is 4.06. The summed E-state index contributed by atoms with van der Waals surface area (Å²) >= 11 is 0. The standard InChI is InChI=1S/C29H38N6O3/c1-19-17-35(18-20(2)38-19)29-32-27-24(28(33-29)34-11-13-37-14-12-34)8-9-25(31-27)21-7-10-26(36-3)22(15-21)16-30-23-5-4-6-23/h7-10,15,19-20,23,30H,4-6,11-14,16-18H2,1-3H3. The number of benzene rings is 1. The molecule has 2 saturated heterocycles. The molecular formula is C29H38N6O3. The van der Waals surface area contributed by atoms with Crippen LogP contribution in [0.2, 0.25) is 0 Å². The number of nitrogens with one attached hydrogen (secondary N) is 1.